The second kappa shape index (κ2) is 7.32. The van der Waals surface area contributed by atoms with E-state index in [0.29, 0.717) is 28.9 Å². The maximum Gasteiger partial charge on any atom is 0.188 e. The first-order chi connectivity index (χ1) is 13.4. The van der Waals surface area contributed by atoms with Crippen molar-refractivity contribution in [2.24, 2.45) is 5.41 Å². The molecule has 1 saturated heterocycles. The normalized spacial score (nSPS) is 20.5. The molecule has 1 unspecified atom stereocenters. The third kappa shape index (κ3) is 3.58. The van der Waals surface area contributed by atoms with Gasteiger partial charge in [-0.25, -0.2) is 14.4 Å². The highest BCUT2D eigenvalue weighted by Crippen LogP contribution is 2.47. The number of benzene rings is 1. The topological polar surface area (TPSA) is 58.5 Å². The summed E-state index contributed by atoms with van der Waals surface area (Å²) in [7, 11) is 0. The zero-order valence-corrected chi connectivity index (χ0v) is 16.6. The second-order valence-corrected chi connectivity index (χ2v) is 8.46. The fourth-order valence-electron chi connectivity index (χ4n) is 4.59. The predicted octanol–water partition coefficient (Wildman–Crippen LogP) is 4.80. The Bertz CT molecular complexity index is 849. The molecule has 1 atom stereocenters. The Morgan fingerprint density at radius 2 is 2.04 bits per heavy atom. The summed E-state index contributed by atoms with van der Waals surface area (Å²) in [5, 5.41) is 10.7. The molecule has 28 heavy (non-hydrogen) atoms. The van der Waals surface area contributed by atoms with Crippen molar-refractivity contribution in [1.29, 1.82) is 0 Å². The molecule has 150 valence electrons. The van der Waals surface area contributed by atoms with Crippen LogP contribution in [0.25, 0.3) is 0 Å². The predicted molar refractivity (Wildman–Crippen MR) is 106 cm³/mol. The van der Waals surface area contributed by atoms with E-state index < -0.39 is 11.4 Å². The van der Waals surface area contributed by atoms with Gasteiger partial charge in [0.15, 0.2) is 11.6 Å². The Hall–Kier alpha value is -2.21. The number of halogens is 1. The number of hydrogen-bond donors (Lipinski definition) is 1. The van der Waals surface area contributed by atoms with Crippen LogP contribution in [0.5, 0.6) is 11.5 Å². The number of nitrogens with zero attached hydrogens (tertiary/aromatic N) is 3. The van der Waals surface area contributed by atoms with Gasteiger partial charge in [-0.05, 0) is 56.2 Å². The number of hydrogen-bond acceptors (Lipinski definition) is 5. The number of aromatic nitrogens is 2. The average molecular weight is 385 g/mol. The lowest BCUT2D eigenvalue weighted by atomic mass is 9.86. The maximum absolute atomic E-state index is 13.8. The SMILES string of the molecule is CCC(C)(O)c1cc(F)ccc1Oc1cncnc1N1CCC2(CCCC2)C1. The van der Waals surface area contributed by atoms with E-state index in [1.165, 1.54) is 50.6 Å². The Morgan fingerprint density at radius 3 is 2.79 bits per heavy atom. The third-order valence-electron chi connectivity index (χ3n) is 6.49. The minimum absolute atomic E-state index is 0.400. The van der Waals surface area contributed by atoms with Gasteiger partial charge in [0.25, 0.3) is 0 Å². The van der Waals surface area contributed by atoms with E-state index in [1.54, 1.807) is 19.2 Å². The molecule has 2 aliphatic rings. The highest BCUT2D eigenvalue weighted by Gasteiger charge is 2.41. The summed E-state index contributed by atoms with van der Waals surface area (Å²) in [5.41, 5.74) is -0.345. The molecule has 1 aromatic carbocycles. The van der Waals surface area contributed by atoms with Gasteiger partial charge in [-0.15, -0.1) is 0 Å². The summed E-state index contributed by atoms with van der Waals surface area (Å²) in [6.45, 7) is 5.47. The number of aliphatic hydroxyl groups is 1. The Labute approximate surface area is 165 Å². The summed E-state index contributed by atoms with van der Waals surface area (Å²) in [6.07, 6.45) is 10.0. The van der Waals surface area contributed by atoms with Gasteiger partial charge in [-0.3, -0.25) is 0 Å². The van der Waals surface area contributed by atoms with Crippen molar-refractivity contribution in [3.05, 3.63) is 42.1 Å². The van der Waals surface area contributed by atoms with Crippen molar-refractivity contribution in [2.45, 2.75) is 58.0 Å². The third-order valence-corrected chi connectivity index (χ3v) is 6.49. The van der Waals surface area contributed by atoms with Gasteiger partial charge < -0.3 is 14.7 Å². The molecule has 2 fully saturated rings. The highest BCUT2D eigenvalue weighted by atomic mass is 19.1. The molecule has 2 aromatic rings. The van der Waals surface area contributed by atoms with Gasteiger partial charge in [0.2, 0.25) is 0 Å². The smallest absolute Gasteiger partial charge is 0.188 e. The minimum Gasteiger partial charge on any atom is -0.451 e. The van der Waals surface area contributed by atoms with Gasteiger partial charge in [0.05, 0.1) is 11.8 Å². The number of ether oxygens (including phenoxy) is 1. The van der Waals surface area contributed by atoms with E-state index in [0.717, 1.165) is 18.9 Å². The Kier molecular flexibility index (Phi) is 5.00. The van der Waals surface area contributed by atoms with Crippen LogP contribution in [-0.4, -0.2) is 28.2 Å². The molecule has 1 saturated carbocycles. The average Bonchev–Trinajstić information content (AvgIpc) is 3.33. The minimum atomic E-state index is -1.19. The Balaban J connectivity index is 1.64. The zero-order valence-electron chi connectivity index (χ0n) is 16.6. The molecule has 1 N–H and O–H groups in total. The molecule has 2 heterocycles. The van der Waals surface area contributed by atoms with Gasteiger partial charge in [-0.1, -0.05) is 19.8 Å². The van der Waals surface area contributed by atoms with Gasteiger partial charge in [0.1, 0.15) is 17.9 Å². The largest absolute Gasteiger partial charge is 0.451 e. The summed E-state index contributed by atoms with van der Waals surface area (Å²) in [5.74, 6) is 1.34. The van der Waals surface area contributed by atoms with Crippen molar-refractivity contribution >= 4 is 5.82 Å². The van der Waals surface area contributed by atoms with E-state index >= 15 is 0 Å². The molecule has 0 bridgehead atoms. The van der Waals surface area contributed by atoms with Crippen LogP contribution < -0.4 is 9.64 Å². The van der Waals surface area contributed by atoms with Crippen LogP contribution in [0.1, 0.15) is 57.9 Å². The molecule has 1 spiro atoms. The molecule has 0 radical (unpaired) electrons. The first kappa shape index (κ1) is 19.1. The van der Waals surface area contributed by atoms with Crippen LogP contribution in [0.2, 0.25) is 0 Å². The van der Waals surface area contributed by atoms with Crippen molar-refractivity contribution in [1.82, 2.24) is 9.97 Å². The van der Waals surface area contributed by atoms with Crippen LogP contribution in [0.15, 0.2) is 30.7 Å². The van der Waals surface area contributed by atoms with E-state index in [1.807, 2.05) is 6.92 Å². The first-order valence-corrected chi connectivity index (χ1v) is 10.2. The van der Waals surface area contributed by atoms with Crippen LogP contribution in [0, 0.1) is 11.2 Å². The molecule has 0 amide bonds. The van der Waals surface area contributed by atoms with Crippen LogP contribution in [0.3, 0.4) is 0 Å². The summed E-state index contributed by atoms with van der Waals surface area (Å²) >= 11 is 0. The van der Waals surface area contributed by atoms with E-state index in [9.17, 15) is 9.50 Å². The molecule has 1 aromatic heterocycles. The molecule has 6 heteroatoms. The molecule has 5 nitrogen and oxygen atoms in total. The van der Waals surface area contributed by atoms with E-state index in [-0.39, 0.29) is 0 Å². The lowest BCUT2D eigenvalue weighted by molar-refractivity contribution is 0.0506. The van der Waals surface area contributed by atoms with Crippen LogP contribution in [-0.2, 0) is 5.60 Å². The van der Waals surface area contributed by atoms with Crippen molar-refractivity contribution in [2.75, 3.05) is 18.0 Å². The number of rotatable bonds is 5. The highest BCUT2D eigenvalue weighted by molar-refractivity contribution is 5.54. The molecular formula is C22H28FN3O2. The van der Waals surface area contributed by atoms with E-state index in [4.69, 9.17) is 4.74 Å². The Morgan fingerprint density at radius 1 is 1.25 bits per heavy atom. The molecule has 4 rings (SSSR count). The monoisotopic (exact) mass is 385 g/mol. The summed E-state index contributed by atoms with van der Waals surface area (Å²) < 4.78 is 20.0. The van der Waals surface area contributed by atoms with Crippen LogP contribution >= 0.6 is 0 Å². The standard InChI is InChI=1S/C22H28FN3O2/c1-3-21(2,27)17-12-16(23)6-7-18(17)28-19-13-24-15-25-20(19)26-11-10-22(14-26)8-4-5-9-22/h6-7,12-13,15,27H,3-5,8-11,14H2,1-2H3. The quantitative estimate of drug-likeness (QED) is 0.801. The number of anilines is 1. The lowest BCUT2D eigenvalue weighted by Crippen LogP contribution is -2.26. The lowest BCUT2D eigenvalue weighted by Gasteiger charge is -2.27. The fourth-order valence-corrected chi connectivity index (χ4v) is 4.59. The maximum atomic E-state index is 13.8. The van der Waals surface area contributed by atoms with Gasteiger partial charge in [-0.2, -0.15) is 0 Å². The van der Waals surface area contributed by atoms with Gasteiger partial charge >= 0.3 is 0 Å². The summed E-state index contributed by atoms with van der Waals surface area (Å²) in [4.78, 5) is 10.9. The first-order valence-electron chi connectivity index (χ1n) is 10.2. The molecule has 1 aliphatic carbocycles. The van der Waals surface area contributed by atoms with Crippen molar-refractivity contribution in [3.63, 3.8) is 0 Å². The zero-order chi connectivity index (χ0) is 19.8. The molecule has 1 aliphatic heterocycles. The van der Waals surface area contributed by atoms with Crippen LogP contribution in [0.4, 0.5) is 10.2 Å². The fraction of sp³-hybridized carbons (Fsp3) is 0.545. The van der Waals surface area contributed by atoms with Gasteiger partial charge in [0, 0.05) is 18.7 Å². The van der Waals surface area contributed by atoms with Crippen molar-refractivity contribution < 1.29 is 14.2 Å². The van der Waals surface area contributed by atoms with E-state index in [2.05, 4.69) is 14.9 Å². The summed E-state index contributed by atoms with van der Waals surface area (Å²) in [6, 6.07) is 4.25. The molecular weight excluding hydrogens is 357 g/mol. The van der Waals surface area contributed by atoms with Crippen molar-refractivity contribution in [3.8, 4) is 11.5 Å². The second-order valence-electron chi connectivity index (χ2n) is 8.46.